The molecule has 1 aliphatic rings. The Hall–Kier alpha value is -4.77. The van der Waals surface area contributed by atoms with Crippen molar-refractivity contribution < 1.29 is 19.6 Å². The molecular weight excluding hydrogens is 458 g/mol. The van der Waals surface area contributed by atoms with E-state index in [-0.39, 0.29) is 22.2 Å². The molecule has 3 aromatic carbocycles. The molecule has 1 N–H and O–H groups in total. The summed E-state index contributed by atoms with van der Waals surface area (Å²) in [7, 11) is 0. The van der Waals surface area contributed by atoms with Crippen LogP contribution in [0.5, 0.6) is 0 Å². The van der Waals surface area contributed by atoms with Gasteiger partial charge in [-0.2, -0.15) is 5.26 Å². The SMILES string of the molecule is CC(C)(C)c1ccc(C2/C(=C(/O)c3ccc([N+](=O)[O-])cc3)C(=O)C(=O)N2c2ccc(C#N)cc2)cc1. The molecule has 1 fully saturated rings. The molecule has 0 aromatic heterocycles. The number of carbonyl (C=O) groups excluding carboxylic acids is 2. The van der Waals surface area contributed by atoms with E-state index in [1.807, 2.05) is 30.3 Å². The normalized spacial score (nSPS) is 17.2. The molecule has 0 spiro atoms. The first-order chi connectivity index (χ1) is 17.0. The van der Waals surface area contributed by atoms with Crippen molar-refractivity contribution >= 4 is 28.8 Å². The Morgan fingerprint density at radius 1 is 0.972 bits per heavy atom. The van der Waals surface area contributed by atoms with Crippen molar-refractivity contribution in [3.05, 3.63) is 111 Å². The minimum atomic E-state index is -0.942. The van der Waals surface area contributed by atoms with Gasteiger partial charge in [0.2, 0.25) is 0 Å². The van der Waals surface area contributed by atoms with Gasteiger partial charge in [0.1, 0.15) is 5.76 Å². The Morgan fingerprint density at radius 3 is 2.06 bits per heavy atom. The maximum Gasteiger partial charge on any atom is 0.300 e. The average molecular weight is 482 g/mol. The first-order valence-corrected chi connectivity index (χ1v) is 11.2. The number of hydrogen-bond donors (Lipinski definition) is 1. The number of benzene rings is 3. The molecule has 1 aliphatic heterocycles. The van der Waals surface area contributed by atoms with Gasteiger partial charge in [0.15, 0.2) is 0 Å². The lowest BCUT2D eigenvalue weighted by Gasteiger charge is -2.26. The molecule has 8 heteroatoms. The number of aliphatic hydroxyl groups is 1. The van der Waals surface area contributed by atoms with Gasteiger partial charge >= 0.3 is 0 Å². The molecule has 0 aliphatic carbocycles. The molecular formula is C28H23N3O5. The second-order valence-corrected chi connectivity index (χ2v) is 9.50. The maximum atomic E-state index is 13.2. The molecule has 36 heavy (non-hydrogen) atoms. The monoisotopic (exact) mass is 481 g/mol. The van der Waals surface area contributed by atoms with E-state index in [9.17, 15) is 24.8 Å². The van der Waals surface area contributed by atoms with Crippen LogP contribution in [-0.4, -0.2) is 21.7 Å². The minimum Gasteiger partial charge on any atom is -0.507 e. The van der Waals surface area contributed by atoms with Gasteiger partial charge in [-0.3, -0.25) is 24.6 Å². The summed E-state index contributed by atoms with van der Waals surface area (Å²) in [5, 5.41) is 31.3. The number of Topliss-reactive ketones (excluding diaryl/α,β-unsaturated/α-hetero) is 1. The molecule has 1 saturated heterocycles. The maximum absolute atomic E-state index is 13.2. The third-order valence-corrected chi connectivity index (χ3v) is 6.16. The zero-order chi connectivity index (χ0) is 26.2. The summed E-state index contributed by atoms with van der Waals surface area (Å²) in [6, 6.07) is 19.9. The van der Waals surface area contributed by atoms with Crippen molar-refractivity contribution in [1.29, 1.82) is 5.26 Å². The summed E-state index contributed by atoms with van der Waals surface area (Å²) >= 11 is 0. The molecule has 180 valence electrons. The number of nitrogens with zero attached hydrogens (tertiary/aromatic N) is 3. The van der Waals surface area contributed by atoms with Crippen molar-refractivity contribution in [2.45, 2.75) is 32.2 Å². The first-order valence-electron chi connectivity index (χ1n) is 11.2. The predicted octanol–water partition coefficient (Wildman–Crippen LogP) is 5.39. The van der Waals surface area contributed by atoms with Crippen LogP contribution >= 0.6 is 0 Å². The summed E-state index contributed by atoms with van der Waals surface area (Å²) < 4.78 is 0. The number of nitriles is 1. The number of rotatable bonds is 4. The Morgan fingerprint density at radius 2 is 1.56 bits per heavy atom. The largest absolute Gasteiger partial charge is 0.507 e. The van der Waals surface area contributed by atoms with Crippen LogP contribution < -0.4 is 4.90 Å². The highest BCUT2D eigenvalue weighted by molar-refractivity contribution is 6.51. The predicted molar refractivity (Wildman–Crippen MR) is 134 cm³/mol. The molecule has 8 nitrogen and oxygen atoms in total. The second kappa shape index (κ2) is 9.12. The van der Waals surface area contributed by atoms with Gasteiger partial charge in [-0.25, -0.2) is 0 Å². The van der Waals surface area contributed by atoms with Crippen LogP contribution in [-0.2, 0) is 15.0 Å². The van der Waals surface area contributed by atoms with E-state index < -0.39 is 28.4 Å². The lowest BCUT2D eigenvalue weighted by atomic mass is 9.85. The molecule has 0 radical (unpaired) electrons. The Balaban J connectivity index is 1.90. The van der Waals surface area contributed by atoms with Gasteiger partial charge in [0.25, 0.3) is 17.4 Å². The molecule has 1 atom stereocenters. The number of non-ortho nitro benzene ring substituents is 1. The standard InChI is InChI=1S/C28H23N3O5/c1-28(2,3)20-10-6-18(7-11-20)24-23(25(32)19-8-14-22(15-9-19)31(35)36)26(33)27(34)30(24)21-12-4-17(16-29)5-13-21/h4-15,24,32H,1-3H3/b25-23-. The van der Waals surface area contributed by atoms with Crippen LogP contribution in [0.4, 0.5) is 11.4 Å². The molecule has 0 bridgehead atoms. The first kappa shape index (κ1) is 24.4. The third-order valence-electron chi connectivity index (χ3n) is 6.16. The van der Waals surface area contributed by atoms with E-state index in [4.69, 9.17) is 5.26 Å². The molecule has 3 aromatic rings. The van der Waals surface area contributed by atoms with Crippen LogP contribution in [0.1, 0.15) is 49.1 Å². The summed E-state index contributed by atoms with van der Waals surface area (Å²) in [6.07, 6.45) is 0. The van der Waals surface area contributed by atoms with Gasteiger partial charge in [0, 0.05) is 23.4 Å². The number of ketones is 1. The van der Waals surface area contributed by atoms with E-state index in [1.54, 1.807) is 24.3 Å². The van der Waals surface area contributed by atoms with Crippen LogP contribution in [0.3, 0.4) is 0 Å². The van der Waals surface area contributed by atoms with E-state index in [2.05, 4.69) is 20.8 Å². The third kappa shape index (κ3) is 4.34. The van der Waals surface area contributed by atoms with Crippen molar-refractivity contribution in [3.8, 4) is 6.07 Å². The number of nitro groups is 1. The summed E-state index contributed by atoms with van der Waals surface area (Å²) in [6.45, 7) is 6.21. The smallest absolute Gasteiger partial charge is 0.300 e. The van der Waals surface area contributed by atoms with E-state index >= 15 is 0 Å². The molecule has 4 rings (SSSR count). The number of hydrogen-bond acceptors (Lipinski definition) is 6. The lowest BCUT2D eigenvalue weighted by molar-refractivity contribution is -0.384. The lowest BCUT2D eigenvalue weighted by Crippen LogP contribution is -2.29. The van der Waals surface area contributed by atoms with E-state index in [0.717, 1.165) is 5.56 Å². The Kier molecular flexibility index (Phi) is 6.17. The fraction of sp³-hybridized carbons (Fsp3) is 0.179. The van der Waals surface area contributed by atoms with Gasteiger partial charge < -0.3 is 5.11 Å². The number of carbonyl (C=O) groups is 2. The van der Waals surface area contributed by atoms with Gasteiger partial charge in [-0.15, -0.1) is 0 Å². The summed E-state index contributed by atoms with van der Waals surface area (Å²) in [5.74, 6) is -2.13. The highest BCUT2D eigenvalue weighted by atomic mass is 16.6. The fourth-order valence-electron chi connectivity index (χ4n) is 4.17. The second-order valence-electron chi connectivity index (χ2n) is 9.50. The van der Waals surface area contributed by atoms with Crippen LogP contribution in [0.2, 0.25) is 0 Å². The number of aliphatic hydroxyl groups excluding tert-OH is 1. The van der Waals surface area contributed by atoms with Crippen molar-refractivity contribution in [1.82, 2.24) is 0 Å². The van der Waals surface area contributed by atoms with Crippen molar-refractivity contribution in [2.24, 2.45) is 0 Å². The molecule has 1 amide bonds. The highest BCUT2D eigenvalue weighted by Gasteiger charge is 2.47. The quantitative estimate of drug-likeness (QED) is 0.175. The van der Waals surface area contributed by atoms with Crippen molar-refractivity contribution in [3.63, 3.8) is 0 Å². The number of anilines is 1. The van der Waals surface area contributed by atoms with E-state index in [1.165, 1.54) is 29.2 Å². The zero-order valence-corrected chi connectivity index (χ0v) is 19.9. The molecule has 1 heterocycles. The minimum absolute atomic E-state index is 0.119. The number of nitro benzene ring substituents is 1. The topological polar surface area (TPSA) is 125 Å². The zero-order valence-electron chi connectivity index (χ0n) is 19.9. The molecule has 1 unspecified atom stereocenters. The Labute approximate surface area is 207 Å². The fourth-order valence-corrected chi connectivity index (χ4v) is 4.17. The van der Waals surface area contributed by atoms with Gasteiger partial charge in [0.05, 0.1) is 28.2 Å². The average Bonchev–Trinajstić information content (AvgIpc) is 3.13. The van der Waals surface area contributed by atoms with Crippen LogP contribution in [0.15, 0.2) is 78.4 Å². The van der Waals surface area contributed by atoms with Gasteiger partial charge in [-0.1, -0.05) is 45.0 Å². The number of amides is 1. The van der Waals surface area contributed by atoms with Crippen LogP contribution in [0, 0.1) is 21.4 Å². The summed E-state index contributed by atoms with van der Waals surface area (Å²) in [4.78, 5) is 38.2. The molecule has 0 saturated carbocycles. The van der Waals surface area contributed by atoms with Gasteiger partial charge in [-0.05, 0) is 52.9 Å². The van der Waals surface area contributed by atoms with E-state index in [0.29, 0.717) is 16.8 Å². The van der Waals surface area contributed by atoms with Crippen molar-refractivity contribution in [2.75, 3.05) is 4.90 Å². The summed E-state index contributed by atoms with van der Waals surface area (Å²) in [5.41, 5.74) is 2.21. The Bertz CT molecular complexity index is 1420. The highest BCUT2D eigenvalue weighted by Crippen LogP contribution is 2.42. The van der Waals surface area contributed by atoms with Crippen LogP contribution in [0.25, 0.3) is 5.76 Å².